The highest BCUT2D eigenvalue weighted by Gasteiger charge is 2.34. The van der Waals surface area contributed by atoms with Crippen molar-refractivity contribution in [3.05, 3.63) is 51.6 Å². The van der Waals surface area contributed by atoms with E-state index in [4.69, 9.17) is 23.2 Å². The predicted octanol–water partition coefficient (Wildman–Crippen LogP) is 7.07. The standard InChI is InChI=1S/C21H18Cl2F3N5.ClH/c1-20(2,3)17-14(23)16(31(4)30-17)19-28-15-12(22)9-13(27-18(15)29-19)10-7-5-6-8-11(10)21(24,25)26;/h5-9H,1-4H3,(H,27,28,29);1H. The number of fused-ring (bicyclic) bond motifs is 1. The highest BCUT2D eigenvalue weighted by atomic mass is 35.5. The Hall–Kier alpha value is -2.29. The second-order valence-corrected chi connectivity index (χ2v) is 8.99. The summed E-state index contributed by atoms with van der Waals surface area (Å²) in [5, 5.41) is 5.14. The largest absolute Gasteiger partial charge is 0.417 e. The number of nitrogens with zero attached hydrogens (tertiary/aromatic N) is 4. The summed E-state index contributed by atoms with van der Waals surface area (Å²) in [7, 11) is 1.74. The average molecular weight is 505 g/mol. The molecule has 170 valence electrons. The summed E-state index contributed by atoms with van der Waals surface area (Å²) >= 11 is 13.0. The molecular weight excluding hydrogens is 486 g/mol. The number of nitrogens with one attached hydrogen (secondary N) is 1. The molecule has 4 rings (SSSR count). The van der Waals surface area contributed by atoms with Gasteiger partial charge in [0, 0.05) is 18.0 Å². The Labute approximate surface area is 198 Å². The van der Waals surface area contributed by atoms with Crippen LogP contribution in [0, 0.1) is 0 Å². The van der Waals surface area contributed by atoms with Crippen LogP contribution in [0.4, 0.5) is 13.2 Å². The summed E-state index contributed by atoms with van der Waals surface area (Å²) in [5.74, 6) is 0.376. The number of hydrogen-bond acceptors (Lipinski definition) is 3. The number of halogens is 6. The van der Waals surface area contributed by atoms with Gasteiger partial charge in [0.25, 0.3) is 0 Å². The SMILES string of the molecule is Cl.Cn1nc(C(C)(C)C)c(Cl)c1-c1nc2nc(-c3ccccc3C(F)(F)F)cc(Cl)c2[nH]1. The average Bonchev–Trinajstić information content (AvgIpc) is 3.21. The molecule has 0 spiro atoms. The summed E-state index contributed by atoms with van der Waals surface area (Å²) in [4.78, 5) is 11.9. The van der Waals surface area contributed by atoms with E-state index in [2.05, 4.69) is 20.1 Å². The van der Waals surface area contributed by atoms with Gasteiger partial charge < -0.3 is 4.98 Å². The molecule has 0 radical (unpaired) electrons. The van der Waals surface area contributed by atoms with Gasteiger partial charge in [0.1, 0.15) is 11.2 Å². The van der Waals surface area contributed by atoms with E-state index in [0.29, 0.717) is 27.8 Å². The second-order valence-electron chi connectivity index (χ2n) is 8.20. The minimum Gasteiger partial charge on any atom is -0.334 e. The number of rotatable bonds is 2. The van der Waals surface area contributed by atoms with Crippen LogP contribution >= 0.6 is 35.6 Å². The van der Waals surface area contributed by atoms with Crippen molar-refractivity contribution in [2.75, 3.05) is 0 Å². The molecule has 32 heavy (non-hydrogen) atoms. The summed E-state index contributed by atoms with van der Waals surface area (Å²) in [5.41, 5.74) is 0.751. The molecule has 0 atom stereocenters. The zero-order valence-electron chi connectivity index (χ0n) is 17.5. The number of aromatic nitrogens is 5. The smallest absolute Gasteiger partial charge is 0.334 e. The molecule has 1 N–H and O–H groups in total. The van der Waals surface area contributed by atoms with E-state index in [1.807, 2.05) is 20.8 Å². The fourth-order valence-corrected chi connectivity index (χ4v) is 4.16. The number of imidazole rings is 1. The molecular formula is C21H19Cl3F3N5. The first kappa shape index (κ1) is 24.4. The molecule has 4 aromatic rings. The lowest BCUT2D eigenvalue weighted by Crippen LogP contribution is -2.12. The Kier molecular flexibility index (Phi) is 6.27. The molecule has 1 aromatic carbocycles. The van der Waals surface area contributed by atoms with Crippen LogP contribution in [-0.4, -0.2) is 24.7 Å². The van der Waals surface area contributed by atoms with Gasteiger partial charge in [-0.15, -0.1) is 12.4 Å². The highest BCUT2D eigenvalue weighted by Crippen LogP contribution is 2.39. The Morgan fingerprint density at radius 3 is 2.28 bits per heavy atom. The van der Waals surface area contributed by atoms with E-state index in [0.717, 1.165) is 6.07 Å². The summed E-state index contributed by atoms with van der Waals surface area (Å²) < 4.78 is 42.0. The van der Waals surface area contributed by atoms with E-state index in [-0.39, 0.29) is 39.7 Å². The molecule has 0 bridgehead atoms. The van der Waals surface area contributed by atoms with Gasteiger partial charge >= 0.3 is 6.18 Å². The summed E-state index contributed by atoms with van der Waals surface area (Å²) in [6.07, 6.45) is -4.53. The van der Waals surface area contributed by atoms with Crippen LogP contribution in [0.2, 0.25) is 10.0 Å². The van der Waals surface area contributed by atoms with Crippen molar-refractivity contribution in [3.63, 3.8) is 0 Å². The zero-order valence-corrected chi connectivity index (χ0v) is 19.8. The van der Waals surface area contributed by atoms with Gasteiger partial charge in [-0.2, -0.15) is 18.3 Å². The lowest BCUT2D eigenvalue weighted by molar-refractivity contribution is -0.137. The van der Waals surface area contributed by atoms with Crippen LogP contribution in [-0.2, 0) is 18.6 Å². The number of pyridine rings is 1. The Balaban J connectivity index is 0.00000289. The van der Waals surface area contributed by atoms with Crippen LogP contribution in [0.5, 0.6) is 0 Å². The number of aromatic amines is 1. The molecule has 0 saturated heterocycles. The number of H-pyrrole nitrogens is 1. The number of aryl methyl sites for hydroxylation is 1. The monoisotopic (exact) mass is 503 g/mol. The maximum atomic E-state index is 13.5. The molecule has 0 unspecified atom stereocenters. The van der Waals surface area contributed by atoms with Crippen molar-refractivity contribution in [3.8, 4) is 22.8 Å². The fraction of sp³-hybridized carbons (Fsp3) is 0.286. The lowest BCUT2D eigenvalue weighted by atomic mass is 9.92. The highest BCUT2D eigenvalue weighted by molar-refractivity contribution is 6.35. The Morgan fingerprint density at radius 2 is 1.69 bits per heavy atom. The molecule has 5 nitrogen and oxygen atoms in total. The van der Waals surface area contributed by atoms with E-state index in [1.54, 1.807) is 11.7 Å². The molecule has 0 aliphatic carbocycles. The minimum absolute atomic E-state index is 0. The zero-order chi connectivity index (χ0) is 22.7. The third kappa shape index (κ3) is 4.19. The van der Waals surface area contributed by atoms with Crippen LogP contribution < -0.4 is 0 Å². The number of benzene rings is 1. The van der Waals surface area contributed by atoms with Crippen LogP contribution in [0.1, 0.15) is 32.0 Å². The first-order valence-electron chi connectivity index (χ1n) is 9.34. The van der Waals surface area contributed by atoms with E-state index in [9.17, 15) is 13.2 Å². The normalized spacial score (nSPS) is 12.3. The van der Waals surface area contributed by atoms with Crippen molar-refractivity contribution in [2.24, 2.45) is 7.05 Å². The van der Waals surface area contributed by atoms with Crippen molar-refractivity contribution in [1.82, 2.24) is 24.7 Å². The third-order valence-electron chi connectivity index (χ3n) is 4.85. The molecule has 0 fully saturated rings. The first-order chi connectivity index (χ1) is 14.4. The molecule has 0 amide bonds. The second kappa shape index (κ2) is 8.24. The molecule has 0 aliphatic rings. The maximum Gasteiger partial charge on any atom is 0.417 e. The van der Waals surface area contributed by atoms with E-state index in [1.165, 1.54) is 24.3 Å². The number of hydrogen-bond donors (Lipinski definition) is 1. The van der Waals surface area contributed by atoms with Crippen LogP contribution in [0.15, 0.2) is 30.3 Å². The van der Waals surface area contributed by atoms with Gasteiger partial charge in [0.2, 0.25) is 0 Å². The lowest BCUT2D eigenvalue weighted by Gasteiger charge is -2.15. The van der Waals surface area contributed by atoms with Gasteiger partial charge in [0.15, 0.2) is 11.5 Å². The number of alkyl halides is 3. The Morgan fingerprint density at radius 1 is 1.03 bits per heavy atom. The van der Waals surface area contributed by atoms with Gasteiger partial charge in [-0.25, -0.2) is 9.97 Å². The maximum absolute atomic E-state index is 13.5. The van der Waals surface area contributed by atoms with Crippen LogP contribution in [0.3, 0.4) is 0 Å². The van der Waals surface area contributed by atoms with Gasteiger partial charge in [-0.05, 0) is 12.1 Å². The van der Waals surface area contributed by atoms with Gasteiger partial charge in [0.05, 0.1) is 27.0 Å². The summed E-state index contributed by atoms with van der Waals surface area (Å²) in [6.45, 7) is 5.98. The molecule has 0 aliphatic heterocycles. The summed E-state index contributed by atoms with van der Waals surface area (Å²) in [6, 6.07) is 6.60. The van der Waals surface area contributed by atoms with Crippen LogP contribution in [0.25, 0.3) is 33.9 Å². The molecule has 3 aromatic heterocycles. The minimum atomic E-state index is -4.53. The topological polar surface area (TPSA) is 59.4 Å². The predicted molar refractivity (Wildman–Crippen MR) is 122 cm³/mol. The molecule has 0 saturated carbocycles. The van der Waals surface area contributed by atoms with Gasteiger partial charge in [-0.3, -0.25) is 4.68 Å². The van der Waals surface area contributed by atoms with Crippen molar-refractivity contribution in [1.29, 1.82) is 0 Å². The quantitative estimate of drug-likeness (QED) is 0.318. The third-order valence-corrected chi connectivity index (χ3v) is 5.50. The molecule has 3 heterocycles. The fourth-order valence-electron chi connectivity index (χ4n) is 3.39. The van der Waals surface area contributed by atoms with Crippen molar-refractivity contribution >= 4 is 46.8 Å². The van der Waals surface area contributed by atoms with E-state index < -0.39 is 11.7 Å². The first-order valence-corrected chi connectivity index (χ1v) is 10.1. The van der Waals surface area contributed by atoms with Crippen molar-refractivity contribution in [2.45, 2.75) is 32.4 Å². The Bertz CT molecular complexity index is 1300. The molecule has 11 heteroatoms. The van der Waals surface area contributed by atoms with E-state index >= 15 is 0 Å². The van der Waals surface area contributed by atoms with Crippen molar-refractivity contribution < 1.29 is 13.2 Å². The van der Waals surface area contributed by atoms with Gasteiger partial charge in [-0.1, -0.05) is 62.2 Å².